The Hall–Kier alpha value is -3.54. The van der Waals surface area contributed by atoms with E-state index < -0.39 is 24.2 Å². The number of hydrogen-bond donors (Lipinski definition) is 2. The van der Waals surface area contributed by atoms with Crippen molar-refractivity contribution >= 4 is 23.6 Å². The predicted molar refractivity (Wildman–Crippen MR) is 140 cm³/mol. The third-order valence-corrected chi connectivity index (χ3v) is 7.00. The Morgan fingerprint density at radius 1 is 1.15 bits per heavy atom. The van der Waals surface area contributed by atoms with E-state index in [4.69, 9.17) is 0 Å². The van der Waals surface area contributed by atoms with E-state index in [0.717, 1.165) is 45.2 Å². The summed E-state index contributed by atoms with van der Waals surface area (Å²) < 4.78 is 41.3. The number of benzene rings is 1. The summed E-state index contributed by atoms with van der Waals surface area (Å²) in [6.07, 6.45) is 1.74. The standard InChI is InChI=1S/C28H35F3N4O5/c1-3-21(36)10-5-4-6-11-22(34-25(37)18-12-14-35(2)15-13-18)24-32-17-23(33-24)19-8-7-9-20(16-19)26(38)40-27(39)28(29,30)31/h7-9,16-18,22H,3-6,10-15H2,1-2H3,(H,32,33)(H,34,37)/t22-/m0/s1. The first-order valence-corrected chi connectivity index (χ1v) is 13.5. The third kappa shape index (κ3) is 9.00. The van der Waals surface area contributed by atoms with Crippen LogP contribution in [0, 0.1) is 5.92 Å². The molecule has 1 aromatic heterocycles. The quantitative estimate of drug-likeness (QED) is 0.217. The fourth-order valence-electron chi connectivity index (χ4n) is 4.54. The molecular weight excluding hydrogens is 529 g/mol. The number of alkyl halides is 3. The van der Waals surface area contributed by atoms with Crippen LogP contribution >= 0.6 is 0 Å². The number of halogens is 3. The summed E-state index contributed by atoms with van der Waals surface area (Å²) in [6.45, 7) is 3.52. The van der Waals surface area contributed by atoms with E-state index >= 15 is 0 Å². The molecule has 1 aliphatic heterocycles. The van der Waals surface area contributed by atoms with Gasteiger partial charge in [-0.15, -0.1) is 0 Å². The molecular formula is C28H35F3N4O5. The second-order valence-corrected chi connectivity index (χ2v) is 10.1. The number of likely N-dealkylation sites (tertiary alicyclic amines) is 1. The van der Waals surface area contributed by atoms with E-state index in [-0.39, 0.29) is 23.2 Å². The molecule has 3 rings (SSSR count). The lowest BCUT2D eigenvalue weighted by Gasteiger charge is -2.29. The van der Waals surface area contributed by atoms with E-state index in [1.165, 1.54) is 24.4 Å². The molecule has 40 heavy (non-hydrogen) atoms. The van der Waals surface area contributed by atoms with Crippen molar-refractivity contribution in [1.29, 1.82) is 0 Å². The molecule has 0 bridgehead atoms. The smallest absolute Gasteiger partial charge is 0.383 e. The zero-order chi connectivity index (χ0) is 29.3. The second kappa shape index (κ2) is 14.2. The molecule has 0 aliphatic carbocycles. The van der Waals surface area contributed by atoms with Crippen LogP contribution in [0.5, 0.6) is 0 Å². The van der Waals surface area contributed by atoms with Gasteiger partial charge in [0.1, 0.15) is 11.6 Å². The van der Waals surface area contributed by atoms with Gasteiger partial charge in [-0.05, 0) is 58.0 Å². The van der Waals surface area contributed by atoms with Crippen molar-refractivity contribution in [2.24, 2.45) is 5.92 Å². The highest BCUT2D eigenvalue weighted by molar-refractivity contribution is 5.98. The van der Waals surface area contributed by atoms with Crippen LogP contribution in [0.15, 0.2) is 30.5 Å². The number of esters is 2. The minimum Gasteiger partial charge on any atom is -0.383 e. The summed E-state index contributed by atoms with van der Waals surface area (Å²) in [5.41, 5.74) is 0.671. The number of nitrogens with zero attached hydrogens (tertiary/aromatic N) is 2. The van der Waals surface area contributed by atoms with Crippen LogP contribution in [0.4, 0.5) is 13.2 Å². The monoisotopic (exact) mass is 564 g/mol. The van der Waals surface area contributed by atoms with Gasteiger partial charge in [0.05, 0.1) is 23.5 Å². The first-order valence-electron chi connectivity index (χ1n) is 13.5. The Labute approximate surface area is 230 Å². The highest BCUT2D eigenvalue weighted by Crippen LogP contribution is 2.26. The maximum absolute atomic E-state index is 13.1. The molecule has 9 nitrogen and oxygen atoms in total. The summed E-state index contributed by atoms with van der Waals surface area (Å²) in [5, 5.41) is 3.12. The van der Waals surface area contributed by atoms with Crippen LogP contribution in [0.2, 0.25) is 0 Å². The van der Waals surface area contributed by atoms with Gasteiger partial charge < -0.3 is 19.9 Å². The highest BCUT2D eigenvalue weighted by atomic mass is 19.4. The second-order valence-electron chi connectivity index (χ2n) is 10.1. The average molecular weight is 565 g/mol. The zero-order valence-electron chi connectivity index (χ0n) is 22.7. The lowest BCUT2D eigenvalue weighted by atomic mass is 9.95. The van der Waals surface area contributed by atoms with Crippen molar-refractivity contribution in [2.75, 3.05) is 20.1 Å². The van der Waals surface area contributed by atoms with Crippen molar-refractivity contribution < 1.29 is 37.1 Å². The summed E-state index contributed by atoms with van der Waals surface area (Å²) in [6, 6.07) is 5.18. The van der Waals surface area contributed by atoms with Gasteiger partial charge >= 0.3 is 18.1 Å². The van der Waals surface area contributed by atoms with Crippen LogP contribution in [-0.2, 0) is 19.1 Å². The Kier molecular flexibility index (Phi) is 11.0. The van der Waals surface area contributed by atoms with E-state index in [1.54, 1.807) is 6.07 Å². The number of carbonyl (C=O) groups excluding carboxylic acids is 4. The van der Waals surface area contributed by atoms with E-state index in [9.17, 15) is 32.3 Å². The molecule has 0 saturated carbocycles. The number of hydrogen-bond acceptors (Lipinski definition) is 7. The molecule has 2 heterocycles. The Morgan fingerprint density at radius 3 is 2.55 bits per heavy atom. The minimum atomic E-state index is -5.29. The number of imidazole rings is 1. The average Bonchev–Trinajstić information content (AvgIpc) is 3.42. The van der Waals surface area contributed by atoms with Crippen LogP contribution in [0.1, 0.15) is 80.5 Å². The summed E-state index contributed by atoms with van der Waals surface area (Å²) >= 11 is 0. The normalized spacial score (nSPS) is 15.4. The van der Waals surface area contributed by atoms with Crippen LogP contribution < -0.4 is 5.32 Å². The number of aromatic nitrogens is 2. The van der Waals surface area contributed by atoms with E-state index in [0.29, 0.717) is 36.3 Å². The number of ether oxygens (including phenoxy) is 1. The van der Waals surface area contributed by atoms with Gasteiger partial charge in [0.2, 0.25) is 5.91 Å². The predicted octanol–water partition coefficient (Wildman–Crippen LogP) is 4.75. The maximum Gasteiger partial charge on any atom is 0.491 e. The van der Waals surface area contributed by atoms with Gasteiger partial charge in [0.25, 0.3) is 0 Å². The number of unbranched alkanes of at least 4 members (excludes halogenated alkanes) is 2. The fourth-order valence-corrected chi connectivity index (χ4v) is 4.54. The van der Waals surface area contributed by atoms with Crippen molar-refractivity contribution in [1.82, 2.24) is 20.2 Å². The largest absolute Gasteiger partial charge is 0.491 e. The number of piperidine rings is 1. The van der Waals surface area contributed by atoms with Crippen LogP contribution in [0.3, 0.4) is 0 Å². The van der Waals surface area contributed by atoms with Crippen molar-refractivity contribution in [3.8, 4) is 11.3 Å². The van der Waals surface area contributed by atoms with Crippen molar-refractivity contribution in [2.45, 2.75) is 70.5 Å². The Morgan fingerprint density at radius 2 is 1.88 bits per heavy atom. The molecule has 1 amide bonds. The summed E-state index contributed by atoms with van der Waals surface area (Å²) in [7, 11) is 2.02. The number of amides is 1. The molecule has 1 atom stereocenters. The van der Waals surface area contributed by atoms with Gasteiger partial charge in [0.15, 0.2) is 0 Å². The number of nitrogens with one attached hydrogen (secondary N) is 2. The first kappa shape index (κ1) is 31.0. The van der Waals surface area contributed by atoms with Gasteiger partial charge in [-0.3, -0.25) is 9.59 Å². The maximum atomic E-state index is 13.1. The highest BCUT2D eigenvalue weighted by Gasteiger charge is 2.42. The lowest BCUT2D eigenvalue weighted by Crippen LogP contribution is -2.40. The van der Waals surface area contributed by atoms with Crippen LogP contribution in [-0.4, -0.2) is 64.8 Å². The van der Waals surface area contributed by atoms with E-state index in [1.807, 2.05) is 14.0 Å². The first-order chi connectivity index (χ1) is 19.0. The summed E-state index contributed by atoms with van der Waals surface area (Å²) in [5.74, 6) is -3.44. The third-order valence-electron chi connectivity index (χ3n) is 7.00. The number of Topliss-reactive ketones (excluding diaryl/α,β-unsaturated/α-hetero) is 1. The molecule has 1 aliphatic rings. The number of aromatic amines is 1. The molecule has 2 aromatic rings. The molecule has 0 unspecified atom stereocenters. The topological polar surface area (TPSA) is 121 Å². The van der Waals surface area contributed by atoms with Crippen molar-refractivity contribution in [3.05, 3.63) is 41.9 Å². The van der Waals surface area contributed by atoms with Crippen molar-refractivity contribution in [3.63, 3.8) is 0 Å². The fraction of sp³-hybridized carbons (Fsp3) is 0.536. The van der Waals surface area contributed by atoms with Gasteiger partial charge in [-0.1, -0.05) is 31.9 Å². The van der Waals surface area contributed by atoms with Gasteiger partial charge in [-0.2, -0.15) is 13.2 Å². The molecule has 218 valence electrons. The molecule has 0 radical (unpaired) electrons. The van der Waals surface area contributed by atoms with Crippen LogP contribution in [0.25, 0.3) is 11.3 Å². The van der Waals surface area contributed by atoms with Gasteiger partial charge in [-0.25, -0.2) is 14.6 Å². The number of carbonyl (C=O) groups is 4. The molecule has 12 heteroatoms. The Balaban J connectivity index is 1.72. The molecule has 1 aromatic carbocycles. The number of H-pyrrole nitrogens is 1. The molecule has 1 saturated heterocycles. The number of ketones is 1. The molecule has 1 fully saturated rings. The number of rotatable bonds is 12. The minimum absolute atomic E-state index is 0.0451. The van der Waals surface area contributed by atoms with E-state index in [2.05, 4.69) is 24.9 Å². The SMILES string of the molecule is CCC(=O)CCCCC[C@H](NC(=O)C1CCN(C)CC1)c1ncc(-c2cccc(C(=O)OC(=O)C(F)(F)F)c2)[nH]1. The zero-order valence-corrected chi connectivity index (χ0v) is 22.7. The summed E-state index contributed by atoms with van der Waals surface area (Å²) in [4.78, 5) is 57.6. The molecule has 2 N–H and O–H groups in total. The Bertz CT molecular complexity index is 1190. The lowest BCUT2D eigenvalue weighted by molar-refractivity contribution is -0.193. The van der Waals surface area contributed by atoms with Gasteiger partial charge in [0, 0.05) is 24.3 Å². The molecule has 0 spiro atoms.